The number of nitrogens with one attached hydrogen (secondary N) is 4. The van der Waals surface area contributed by atoms with Crippen molar-refractivity contribution < 1.29 is 28.8 Å². The van der Waals surface area contributed by atoms with Crippen LogP contribution in [-0.4, -0.2) is 76.1 Å². The average Bonchev–Trinajstić information content (AvgIpc) is 3.46. The van der Waals surface area contributed by atoms with Crippen LogP contribution in [0.15, 0.2) is 65.2 Å². The Bertz CT molecular complexity index is 1460. The molecule has 0 fully saturated rings. The van der Waals surface area contributed by atoms with Gasteiger partial charge in [-0.3, -0.25) is 24.1 Å². The smallest absolute Gasteiger partial charge is 0.274 e. The Kier molecular flexibility index (Phi) is 10.9. The van der Waals surface area contributed by atoms with Crippen LogP contribution in [0.2, 0.25) is 0 Å². The fourth-order valence-electron chi connectivity index (χ4n) is 4.98. The summed E-state index contributed by atoms with van der Waals surface area (Å²) in [4.78, 5) is 54.2. The van der Waals surface area contributed by atoms with Gasteiger partial charge < -0.3 is 30.9 Å². The van der Waals surface area contributed by atoms with Crippen LogP contribution in [-0.2, 0) is 27.5 Å². The van der Waals surface area contributed by atoms with Gasteiger partial charge in [0, 0.05) is 25.7 Å². The number of carbonyl (C=O) groups is 4. The van der Waals surface area contributed by atoms with Gasteiger partial charge in [0.15, 0.2) is 11.5 Å². The van der Waals surface area contributed by atoms with Gasteiger partial charge in [-0.05, 0) is 36.5 Å². The van der Waals surface area contributed by atoms with Crippen LogP contribution in [0.25, 0.3) is 11.1 Å². The molecule has 12 nitrogen and oxygen atoms in total. The third-order valence-corrected chi connectivity index (χ3v) is 7.44. The molecule has 0 aliphatic carbocycles. The SMILES string of the molecule is CC(C)[C@@H]1NC(=O)[C@H](C)NC(=O)[C@H]([C@@H](C)O)NC(=O)c2cc(on2)CN(Cc2ccccc2-c2ccccc2)CCNC1=O. The van der Waals surface area contributed by atoms with Gasteiger partial charge in [-0.2, -0.15) is 0 Å². The highest BCUT2D eigenvalue weighted by molar-refractivity contribution is 5.98. The molecule has 1 aliphatic rings. The van der Waals surface area contributed by atoms with Crippen LogP contribution in [0, 0.1) is 5.92 Å². The monoisotopic (exact) mass is 604 g/mol. The summed E-state index contributed by atoms with van der Waals surface area (Å²) in [5.41, 5.74) is 3.12. The maximum atomic E-state index is 13.2. The van der Waals surface area contributed by atoms with E-state index in [1.54, 1.807) is 0 Å². The van der Waals surface area contributed by atoms with Gasteiger partial charge in [-0.15, -0.1) is 0 Å². The Balaban J connectivity index is 1.64. The molecule has 2 aromatic carbocycles. The molecule has 4 atom stereocenters. The first-order valence-electron chi connectivity index (χ1n) is 14.7. The molecule has 5 N–H and O–H groups in total. The average molecular weight is 605 g/mol. The fraction of sp³-hybridized carbons (Fsp3) is 0.406. The van der Waals surface area contributed by atoms with E-state index in [4.69, 9.17) is 4.52 Å². The minimum absolute atomic E-state index is 0.0666. The molecule has 0 unspecified atom stereocenters. The molecule has 4 rings (SSSR count). The topological polar surface area (TPSA) is 166 Å². The number of rotatable bonds is 5. The number of aromatic nitrogens is 1. The predicted molar refractivity (Wildman–Crippen MR) is 163 cm³/mol. The Morgan fingerprint density at radius 2 is 1.61 bits per heavy atom. The van der Waals surface area contributed by atoms with Gasteiger partial charge in [0.25, 0.3) is 5.91 Å². The third-order valence-electron chi connectivity index (χ3n) is 7.44. The molecular formula is C32H40N6O6. The Morgan fingerprint density at radius 1 is 0.909 bits per heavy atom. The summed E-state index contributed by atoms with van der Waals surface area (Å²) >= 11 is 0. The maximum Gasteiger partial charge on any atom is 0.274 e. The van der Waals surface area contributed by atoms with Crippen molar-refractivity contribution in [2.45, 2.75) is 65.0 Å². The van der Waals surface area contributed by atoms with Crippen LogP contribution in [0.1, 0.15) is 49.5 Å². The van der Waals surface area contributed by atoms with E-state index < -0.39 is 42.0 Å². The van der Waals surface area contributed by atoms with Crippen LogP contribution in [0.4, 0.5) is 0 Å². The molecule has 44 heavy (non-hydrogen) atoms. The van der Waals surface area contributed by atoms with Gasteiger partial charge in [0.2, 0.25) is 17.7 Å². The lowest BCUT2D eigenvalue weighted by Gasteiger charge is -2.27. The summed E-state index contributed by atoms with van der Waals surface area (Å²) in [6.07, 6.45) is -1.28. The maximum absolute atomic E-state index is 13.2. The minimum atomic E-state index is -1.37. The van der Waals surface area contributed by atoms with Crippen molar-refractivity contribution >= 4 is 23.6 Å². The molecule has 234 valence electrons. The summed E-state index contributed by atoms with van der Waals surface area (Å²) in [6, 6.07) is 16.3. The Morgan fingerprint density at radius 3 is 2.32 bits per heavy atom. The Labute approximate surface area is 256 Å². The predicted octanol–water partition coefficient (Wildman–Crippen LogP) is 1.60. The number of fused-ring (bicyclic) bond motifs is 2. The van der Waals surface area contributed by atoms with E-state index in [0.29, 0.717) is 18.8 Å². The second-order valence-corrected chi connectivity index (χ2v) is 11.4. The van der Waals surface area contributed by atoms with Gasteiger partial charge in [0.1, 0.15) is 18.1 Å². The summed E-state index contributed by atoms with van der Waals surface area (Å²) in [6.45, 7) is 7.88. The molecule has 2 bridgehead atoms. The molecule has 0 radical (unpaired) electrons. The lowest BCUT2D eigenvalue weighted by molar-refractivity contribution is -0.133. The summed E-state index contributed by atoms with van der Waals surface area (Å²) < 4.78 is 5.50. The highest BCUT2D eigenvalue weighted by Gasteiger charge is 2.32. The number of hydrogen-bond donors (Lipinski definition) is 5. The number of benzene rings is 2. The van der Waals surface area contributed by atoms with E-state index in [1.807, 2.05) is 62.4 Å². The number of hydrogen-bond acceptors (Lipinski definition) is 8. The number of aliphatic hydroxyl groups is 1. The van der Waals surface area contributed by atoms with Gasteiger partial charge in [-0.25, -0.2) is 0 Å². The quantitative estimate of drug-likeness (QED) is 0.293. The van der Waals surface area contributed by atoms with Crippen LogP contribution in [0.5, 0.6) is 0 Å². The first-order chi connectivity index (χ1) is 21.0. The lowest BCUT2D eigenvalue weighted by Crippen LogP contribution is -2.58. The van der Waals surface area contributed by atoms with E-state index >= 15 is 0 Å². The van der Waals surface area contributed by atoms with Crippen LogP contribution < -0.4 is 21.3 Å². The van der Waals surface area contributed by atoms with Crippen molar-refractivity contribution in [1.29, 1.82) is 0 Å². The minimum Gasteiger partial charge on any atom is -0.391 e. The molecule has 1 aliphatic heterocycles. The standard InChI is InChI=1S/C32H40N6O6/c1-19(2)27-31(42)33-14-15-38(17-23-12-8-9-13-25(23)22-10-6-5-7-11-22)18-24-16-26(37-44-24)30(41)36-28(21(4)39)32(43)34-20(3)29(40)35-27/h5-13,16,19-21,27-28,39H,14-15,17-18H2,1-4H3,(H,33,42)(H,34,43)(H,35,40)(H,36,41)/t20-,21+,27-,28-/m0/s1. The van der Waals surface area contributed by atoms with Gasteiger partial charge in [0.05, 0.1) is 12.6 Å². The highest BCUT2D eigenvalue weighted by Crippen LogP contribution is 2.25. The van der Waals surface area contributed by atoms with Crippen molar-refractivity contribution in [2.75, 3.05) is 13.1 Å². The van der Waals surface area contributed by atoms with E-state index in [0.717, 1.165) is 16.7 Å². The number of amides is 4. The van der Waals surface area contributed by atoms with Crippen molar-refractivity contribution in [1.82, 2.24) is 31.3 Å². The number of aliphatic hydroxyl groups excluding tert-OH is 1. The van der Waals surface area contributed by atoms with Crippen molar-refractivity contribution in [3.8, 4) is 11.1 Å². The zero-order chi connectivity index (χ0) is 31.8. The Hall–Kier alpha value is -4.55. The zero-order valence-corrected chi connectivity index (χ0v) is 25.4. The third kappa shape index (κ3) is 8.29. The molecule has 0 spiro atoms. The molecule has 3 aromatic rings. The molecular weight excluding hydrogens is 564 g/mol. The molecule has 12 heteroatoms. The second-order valence-electron chi connectivity index (χ2n) is 11.4. The van der Waals surface area contributed by atoms with E-state index in [9.17, 15) is 24.3 Å². The molecule has 0 saturated carbocycles. The van der Waals surface area contributed by atoms with Crippen molar-refractivity contribution in [3.05, 3.63) is 77.7 Å². The van der Waals surface area contributed by atoms with Crippen LogP contribution >= 0.6 is 0 Å². The highest BCUT2D eigenvalue weighted by atomic mass is 16.5. The van der Waals surface area contributed by atoms with Crippen LogP contribution in [0.3, 0.4) is 0 Å². The van der Waals surface area contributed by atoms with E-state index in [-0.39, 0.29) is 30.6 Å². The molecule has 2 heterocycles. The second kappa shape index (κ2) is 14.8. The first-order valence-corrected chi connectivity index (χ1v) is 14.7. The number of nitrogens with zero attached hydrogens (tertiary/aromatic N) is 2. The first kappa shape index (κ1) is 32.4. The summed E-state index contributed by atoms with van der Waals surface area (Å²) in [5.74, 6) is -2.25. The molecule has 4 amide bonds. The van der Waals surface area contributed by atoms with Crippen molar-refractivity contribution in [2.24, 2.45) is 5.92 Å². The number of carbonyl (C=O) groups excluding carboxylic acids is 4. The normalized spacial score (nSPS) is 21.8. The van der Waals surface area contributed by atoms with E-state index in [2.05, 4.69) is 37.4 Å². The molecule has 1 aromatic heterocycles. The lowest BCUT2D eigenvalue weighted by atomic mass is 9.99. The molecule has 0 saturated heterocycles. The summed E-state index contributed by atoms with van der Waals surface area (Å²) in [5, 5.41) is 24.8. The fourth-order valence-corrected chi connectivity index (χ4v) is 4.98. The zero-order valence-electron chi connectivity index (χ0n) is 25.4. The van der Waals surface area contributed by atoms with Gasteiger partial charge in [-0.1, -0.05) is 73.6 Å². The van der Waals surface area contributed by atoms with E-state index in [1.165, 1.54) is 19.9 Å². The largest absolute Gasteiger partial charge is 0.391 e. The van der Waals surface area contributed by atoms with Gasteiger partial charge >= 0.3 is 0 Å². The summed E-state index contributed by atoms with van der Waals surface area (Å²) in [7, 11) is 0. The van der Waals surface area contributed by atoms with Crippen molar-refractivity contribution in [3.63, 3.8) is 0 Å².